The van der Waals surface area contributed by atoms with Gasteiger partial charge in [0.1, 0.15) is 0 Å². The first-order valence-electron chi connectivity index (χ1n) is 19.1. The van der Waals surface area contributed by atoms with Crippen LogP contribution in [0.25, 0.3) is 99.1 Å². The molecule has 2 nitrogen and oxygen atoms in total. The van der Waals surface area contributed by atoms with E-state index in [1.807, 2.05) is 0 Å². The molecule has 0 amide bonds. The molecule has 256 valence electrons. The Kier molecular flexibility index (Phi) is 6.43. The van der Waals surface area contributed by atoms with Crippen LogP contribution in [0.1, 0.15) is 11.1 Å². The molecule has 2 aromatic heterocycles. The normalized spacial score (nSPS) is 12.3. The first kappa shape index (κ1) is 30.3. The maximum atomic E-state index is 2.46. The largest absolute Gasteiger partial charge is 0.309 e. The first-order valence-corrected chi connectivity index (χ1v) is 19.1. The van der Waals surface area contributed by atoms with Crippen molar-refractivity contribution < 1.29 is 0 Å². The van der Waals surface area contributed by atoms with Gasteiger partial charge in [0.05, 0.1) is 27.8 Å². The van der Waals surface area contributed by atoms with Crippen LogP contribution in [0.15, 0.2) is 194 Å². The minimum Gasteiger partial charge on any atom is -0.309 e. The van der Waals surface area contributed by atoms with E-state index in [9.17, 15) is 0 Å². The Morgan fingerprint density at radius 1 is 0.327 bits per heavy atom. The summed E-state index contributed by atoms with van der Waals surface area (Å²) in [7, 11) is 0. The van der Waals surface area contributed by atoms with Crippen molar-refractivity contribution in [2.24, 2.45) is 0 Å². The summed E-state index contributed by atoms with van der Waals surface area (Å²) in [5, 5.41) is 7.53. The van der Waals surface area contributed by atoms with E-state index in [4.69, 9.17) is 0 Å². The zero-order valence-corrected chi connectivity index (χ0v) is 30.1. The molecule has 0 unspecified atom stereocenters. The molecule has 1 aliphatic carbocycles. The van der Waals surface area contributed by atoms with Gasteiger partial charge in [-0.3, -0.25) is 0 Å². The van der Waals surface area contributed by atoms with Gasteiger partial charge in [-0.05, 0) is 111 Å². The van der Waals surface area contributed by atoms with Crippen LogP contribution in [0.4, 0.5) is 0 Å². The number of rotatable bonds is 4. The summed E-state index contributed by atoms with van der Waals surface area (Å²) < 4.78 is 4.86. The van der Waals surface area contributed by atoms with Crippen molar-refractivity contribution in [2.75, 3.05) is 0 Å². The van der Waals surface area contributed by atoms with E-state index in [2.05, 4.69) is 203 Å². The minimum atomic E-state index is 0.980. The fourth-order valence-corrected chi connectivity index (χ4v) is 9.47. The molecule has 12 rings (SSSR count). The van der Waals surface area contributed by atoms with Gasteiger partial charge < -0.3 is 9.13 Å². The summed E-state index contributed by atoms with van der Waals surface area (Å²) in [6, 6.07) is 71.6. The third-order valence-electron chi connectivity index (χ3n) is 12.0. The molecule has 55 heavy (non-hydrogen) atoms. The average molecular weight is 699 g/mol. The van der Waals surface area contributed by atoms with Gasteiger partial charge in [-0.2, -0.15) is 0 Å². The average Bonchev–Trinajstić information content (AvgIpc) is 3.91. The number of para-hydroxylation sites is 3. The van der Waals surface area contributed by atoms with E-state index in [0.717, 1.165) is 6.42 Å². The summed E-state index contributed by atoms with van der Waals surface area (Å²) in [6.45, 7) is 0. The molecule has 0 fully saturated rings. The van der Waals surface area contributed by atoms with Gasteiger partial charge >= 0.3 is 0 Å². The lowest BCUT2D eigenvalue weighted by Gasteiger charge is -2.14. The number of nitrogens with zero attached hydrogens (tertiary/aromatic N) is 2. The van der Waals surface area contributed by atoms with Crippen molar-refractivity contribution in [3.05, 3.63) is 205 Å². The highest BCUT2D eigenvalue weighted by atomic mass is 15.0. The third-order valence-corrected chi connectivity index (χ3v) is 12.0. The Labute approximate surface area is 318 Å². The van der Waals surface area contributed by atoms with Crippen LogP contribution in [-0.2, 0) is 6.42 Å². The van der Waals surface area contributed by atoms with Crippen molar-refractivity contribution in [3.8, 4) is 44.8 Å². The highest BCUT2D eigenvalue weighted by Gasteiger charge is 2.22. The van der Waals surface area contributed by atoms with E-state index in [0.29, 0.717) is 0 Å². The molecule has 0 atom stereocenters. The molecule has 0 saturated heterocycles. The highest BCUT2D eigenvalue weighted by molar-refractivity contribution is 6.13. The van der Waals surface area contributed by atoms with Crippen molar-refractivity contribution in [2.45, 2.75) is 6.42 Å². The molecular formula is C53H34N2. The predicted octanol–water partition coefficient (Wildman–Crippen LogP) is 13.9. The molecule has 0 aliphatic heterocycles. The zero-order chi connectivity index (χ0) is 36.0. The third kappa shape index (κ3) is 4.49. The van der Waals surface area contributed by atoms with Gasteiger partial charge in [0.2, 0.25) is 0 Å². The fourth-order valence-electron chi connectivity index (χ4n) is 9.47. The predicted molar refractivity (Wildman–Crippen MR) is 232 cm³/mol. The quantitative estimate of drug-likeness (QED) is 0.173. The van der Waals surface area contributed by atoms with E-state index >= 15 is 0 Å². The highest BCUT2D eigenvalue weighted by Crippen LogP contribution is 2.43. The zero-order valence-electron chi connectivity index (χ0n) is 30.1. The van der Waals surface area contributed by atoms with Crippen LogP contribution < -0.4 is 0 Å². The Balaban J connectivity index is 1.00. The van der Waals surface area contributed by atoms with Crippen molar-refractivity contribution in [1.29, 1.82) is 0 Å². The number of aromatic nitrogens is 2. The number of fused-ring (bicyclic) bond motifs is 10. The molecule has 0 radical (unpaired) electrons. The maximum Gasteiger partial charge on any atom is 0.0547 e. The molecule has 0 bridgehead atoms. The Morgan fingerprint density at radius 2 is 0.945 bits per heavy atom. The van der Waals surface area contributed by atoms with Crippen molar-refractivity contribution in [3.63, 3.8) is 0 Å². The summed E-state index contributed by atoms with van der Waals surface area (Å²) in [6.07, 6.45) is 0.980. The minimum absolute atomic E-state index is 0.980. The van der Waals surface area contributed by atoms with Crippen LogP contribution in [0.3, 0.4) is 0 Å². The maximum absolute atomic E-state index is 2.46. The first-order chi connectivity index (χ1) is 27.3. The molecule has 9 aromatic carbocycles. The van der Waals surface area contributed by atoms with Crippen LogP contribution in [0, 0.1) is 0 Å². The second-order valence-electron chi connectivity index (χ2n) is 14.9. The summed E-state index contributed by atoms with van der Waals surface area (Å²) in [4.78, 5) is 0. The van der Waals surface area contributed by atoms with Crippen molar-refractivity contribution in [1.82, 2.24) is 9.13 Å². The molecule has 0 saturated carbocycles. The second kappa shape index (κ2) is 11.7. The van der Waals surface area contributed by atoms with Gasteiger partial charge in [0, 0.05) is 32.6 Å². The lowest BCUT2D eigenvalue weighted by molar-refractivity contribution is 1.18. The SMILES string of the molecule is c1ccc(-n2c3ccccc3c3ccc(-c4ccc5c(c4)c4ccccc4n5-c4cccc5cc(-c6cccc7c6Cc6ccccc6-7)ccc45)cc32)cc1. The number of hydrogen-bond donors (Lipinski definition) is 0. The van der Waals surface area contributed by atoms with E-state index in [1.165, 1.54) is 110 Å². The molecule has 2 heteroatoms. The Bertz CT molecular complexity index is 3340. The second-order valence-corrected chi connectivity index (χ2v) is 14.9. The monoisotopic (exact) mass is 698 g/mol. The molecule has 1 aliphatic rings. The lowest BCUT2D eigenvalue weighted by Crippen LogP contribution is -1.96. The van der Waals surface area contributed by atoms with Crippen LogP contribution in [0.2, 0.25) is 0 Å². The van der Waals surface area contributed by atoms with Crippen LogP contribution in [0.5, 0.6) is 0 Å². The summed E-state index contributed by atoms with van der Waals surface area (Å²) in [5.74, 6) is 0. The molecule has 2 heterocycles. The van der Waals surface area contributed by atoms with Crippen LogP contribution >= 0.6 is 0 Å². The van der Waals surface area contributed by atoms with E-state index in [-0.39, 0.29) is 0 Å². The van der Waals surface area contributed by atoms with Gasteiger partial charge in [-0.15, -0.1) is 0 Å². The molecule has 0 spiro atoms. The van der Waals surface area contributed by atoms with Crippen molar-refractivity contribution >= 4 is 54.4 Å². The van der Waals surface area contributed by atoms with Gasteiger partial charge in [-0.25, -0.2) is 0 Å². The Hall–Kier alpha value is -7.16. The van der Waals surface area contributed by atoms with Gasteiger partial charge in [0.15, 0.2) is 0 Å². The standard InChI is InChI=1S/C53H34N2/c1-2-14-39(15-3-1)54-50-21-8-6-17-44(50)46-28-24-35(33-53(46)54)34-26-29-52-48(31-34)45-18-7-9-22-51(45)55(52)49-23-10-13-36-30-38(25-27-42(36)49)41-19-11-20-43-40-16-5-4-12-37(40)32-47(41)43/h1-31,33H,32H2. The van der Waals surface area contributed by atoms with E-state index < -0.39 is 0 Å². The number of benzene rings is 9. The van der Waals surface area contributed by atoms with E-state index in [1.54, 1.807) is 0 Å². The lowest BCUT2D eigenvalue weighted by atomic mass is 9.94. The van der Waals surface area contributed by atoms with Gasteiger partial charge in [-0.1, -0.05) is 140 Å². The smallest absolute Gasteiger partial charge is 0.0547 e. The molecule has 0 N–H and O–H groups in total. The summed E-state index contributed by atoms with van der Waals surface area (Å²) >= 11 is 0. The topological polar surface area (TPSA) is 9.86 Å². The fraction of sp³-hybridized carbons (Fsp3) is 0.0189. The molecule has 11 aromatic rings. The van der Waals surface area contributed by atoms with Crippen LogP contribution in [-0.4, -0.2) is 9.13 Å². The molecular weight excluding hydrogens is 665 g/mol. The summed E-state index contributed by atoms with van der Waals surface area (Å²) in [5.41, 5.74) is 17.8. The number of hydrogen-bond acceptors (Lipinski definition) is 0. The van der Waals surface area contributed by atoms with Gasteiger partial charge in [0.25, 0.3) is 0 Å². The Morgan fingerprint density at radius 3 is 1.84 bits per heavy atom.